The van der Waals surface area contributed by atoms with Crippen molar-refractivity contribution in [1.82, 2.24) is 5.32 Å². The largest absolute Gasteiger partial charge is 0.478 e. The molecule has 19 heavy (non-hydrogen) atoms. The number of nitrogens with one attached hydrogen (secondary N) is 2. The normalized spacial score (nSPS) is 11.2. The van der Waals surface area contributed by atoms with Crippen molar-refractivity contribution in [3.63, 3.8) is 0 Å². The molecule has 1 atom stereocenters. The van der Waals surface area contributed by atoms with Crippen LogP contribution in [0.15, 0.2) is 22.7 Å². The monoisotopic (exact) mass is 324 g/mol. The first-order valence-electron chi connectivity index (χ1n) is 5.48. The van der Waals surface area contributed by atoms with E-state index in [2.05, 4.69) is 32.5 Å². The first kappa shape index (κ1) is 15.1. The van der Waals surface area contributed by atoms with Crippen LogP contribution in [0.25, 0.3) is 0 Å². The molecule has 1 unspecified atom stereocenters. The second-order valence-corrected chi connectivity index (χ2v) is 4.82. The second-order valence-electron chi connectivity index (χ2n) is 3.90. The lowest BCUT2D eigenvalue weighted by Crippen LogP contribution is -2.36. The molecule has 1 rings (SSSR count). The summed E-state index contributed by atoms with van der Waals surface area (Å²) in [5, 5.41) is 14.1. The fourth-order valence-electron chi connectivity index (χ4n) is 1.42. The quantitative estimate of drug-likeness (QED) is 0.745. The predicted octanol–water partition coefficient (Wildman–Crippen LogP) is 2.68. The number of terminal acetylenes is 1. The van der Waals surface area contributed by atoms with Crippen LogP contribution in [0.2, 0.25) is 0 Å². The number of anilines is 1. The van der Waals surface area contributed by atoms with Crippen LogP contribution < -0.4 is 10.6 Å². The molecule has 0 aliphatic heterocycles. The molecule has 6 heteroatoms. The first-order chi connectivity index (χ1) is 8.93. The van der Waals surface area contributed by atoms with Gasteiger partial charge in [-0.1, -0.05) is 15.9 Å². The lowest BCUT2D eigenvalue weighted by atomic mass is 10.2. The summed E-state index contributed by atoms with van der Waals surface area (Å²) < 4.78 is 0.671. The zero-order valence-electron chi connectivity index (χ0n) is 10.2. The highest BCUT2D eigenvalue weighted by atomic mass is 79.9. The van der Waals surface area contributed by atoms with Crippen molar-refractivity contribution in [3.8, 4) is 12.3 Å². The molecule has 0 saturated heterocycles. The van der Waals surface area contributed by atoms with Gasteiger partial charge in [0.05, 0.1) is 11.3 Å². The zero-order chi connectivity index (χ0) is 14.4. The summed E-state index contributed by atoms with van der Waals surface area (Å²) in [4.78, 5) is 22.7. The molecule has 5 nitrogen and oxygen atoms in total. The van der Waals surface area contributed by atoms with Crippen LogP contribution in [-0.2, 0) is 0 Å². The van der Waals surface area contributed by atoms with E-state index in [1.165, 1.54) is 12.1 Å². The number of urea groups is 1. The fourth-order valence-corrected chi connectivity index (χ4v) is 1.78. The van der Waals surface area contributed by atoms with Crippen LogP contribution in [0.5, 0.6) is 0 Å². The molecule has 0 heterocycles. The van der Waals surface area contributed by atoms with Gasteiger partial charge in [-0.05, 0) is 25.1 Å². The average Bonchev–Trinajstić information content (AvgIpc) is 2.28. The Labute approximate surface area is 119 Å². The number of hydrogen-bond donors (Lipinski definition) is 3. The Hall–Kier alpha value is -2.00. The molecule has 100 valence electrons. The molecule has 0 saturated carbocycles. The fraction of sp³-hybridized carbons (Fsp3) is 0.231. The Bertz CT molecular complexity index is 537. The number of carbonyl (C=O) groups excluding carboxylic acids is 1. The number of carboxylic acids is 1. The number of carbonyl (C=O) groups is 2. The van der Waals surface area contributed by atoms with Gasteiger partial charge in [-0.3, -0.25) is 0 Å². The summed E-state index contributed by atoms with van der Waals surface area (Å²) in [5.74, 6) is 1.32. The van der Waals surface area contributed by atoms with Crippen molar-refractivity contribution < 1.29 is 14.7 Å². The number of carboxylic acid groups (broad SMARTS) is 1. The Kier molecular flexibility index (Phi) is 5.39. The molecule has 2 amide bonds. The van der Waals surface area contributed by atoms with Gasteiger partial charge in [-0.25, -0.2) is 9.59 Å². The predicted molar refractivity (Wildman–Crippen MR) is 76.2 cm³/mol. The number of amides is 2. The van der Waals surface area contributed by atoms with Gasteiger partial charge in [0, 0.05) is 16.9 Å². The maximum Gasteiger partial charge on any atom is 0.337 e. The van der Waals surface area contributed by atoms with Gasteiger partial charge in [0.2, 0.25) is 0 Å². The minimum absolute atomic E-state index is 0.0166. The summed E-state index contributed by atoms with van der Waals surface area (Å²) in [5.41, 5.74) is 0.232. The highest BCUT2D eigenvalue weighted by Gasteiger charge is 2.13. The average molecular weight is 325 g/mol. The van der Waals surface area contributed by atoms with Crippen LogP contribution in [0, 0.1) is 12.3 Å². The molecule has 0 bridgehead atoms. The first-order valence-corrected chi connectivity index (χ1v) is 6.27. The van der Waals surface area contributed by atoms with Crippen molar-refractivity contribution in [2.45, 2.75) is 19.4 Å². The van der Waals surface area contributed by atoms with E-state index in [4.69, 9.17) is 11.5 Å². The third-order valence-corrected chi connectivity index (χ3v) is 2.76. The summed E-state index contributed by atoms with van der Waals surface area (Å²) in [6.45, 7) is 1.76. The van der Waals surface area contributed by atoms with Crippen molar-refractivity contribution in [3.05, 3.63) is 28.2 Å². The number of aromatic carboxylic acids is 1. The van der Waals surface area contributed by atoms with E-state index >= 15 is 0 Å². The van der Waals surface area contributed by atoms with Crippen LogP contribution in [0.3, 0.4) is 0 Å². The summed E-state index contributed by atoms with van der Waals surface area (Å²) in [6.07, 6.45) is 5.54. The second kappa shape index (κ2) is 6.81. The number of rotatable bonds is 4. The summed E-state index contributed by atoms with van der Waals surface area (Å²) in [6, 6.07) is 3.84. The Balaban J connectivity index is 2.81. The molecule has 0 spiro atoms. The third kappa shape index (κ3) is 4.64. The minimum atomic E-state index is -1.11. The Morgan fingerprint density at radius 2 is 2.21 bits per heavy atom. The molecule has 0 aliphatic carbocycles. The van der Waals surface area contributed by atoms with E-state index in [-0.39, 0.29) is 17.3 Å². The highest BCUT2D eigenvalue weighted by Crippen LogP contribution is 2.21. The molecule has 0 aromatic heterocycles. The summed E-state index contributed by atoms with van der Waals surface area (Å²) >= 11 is 3.22. The van der Waals surface area contributed by atoms with Crippen LogP contribution >= 0.6 is 15.9 Å². The van der Waals surface area contributed by atoms with E-state index in [1.807, 2.05) is 0 Å². The van der Waals surface area contributed by atoms with Gasteiger partial charge in [-0.15, -0.1) is 12.3 Å². The Morgan fingerprint density at radius 1 is 1.53 bits per heavy atom. The molecule has 1 aromatic rings. The van der Waals surface area contributed by atoms with Crippen molar-refractivity contribution in [1.29, 1.82) is 0 Å². The van der Waals surface area contributed by atoms with Crippen LogP contribution in [-0.4, -0.2) is 23.1 Å². The van der Waals surface area contributed by atoms with Gasteiger partial charge >= 0.3 is 12.0 Å². The smallest absolute Gasteiger partial charge is 0.337 e. The lowest BCUT2D eigenvalue weighted by molar-refractivity contribution is 0.0698. The topological polar surface area (TPSA) is 78.4 Å². The summed E-state index contributed by atoms with van der Waals surface area (Å²) in [7, 11) is 0. The molecule has 0 fully saturated rings. The number of halogens is 1. The maximum atomic E-state index is 11.7. The molecular formula is C13H13BrN2O3. The van der Waals surface area contributed by atoms with Gasteiger partial charge in [0.15, 0.2) is 0 Å². The van der Waals surface area contributed by atoms with Gasteiger partial charge in [0.1, 0.15) is 0 Å². The molecule has 3 N–H and O–H groups in total. The SMILES string of the molecule is C#CCC(C)NC(=O)Nc1cc(Br)ccc1C(=O)O. The van der Waals surface area contributed by atoms with Crippen molar-refractivity contribution in [2.24, 2.45) is 0 Å². The van der Waals surface area contributed by atoms with Gasteiger partial charge in [0.25, 0.3) is 0 Å². The number of benzene rings is 1. The van der Waals surface area contributed by atoms with Crippen molar-refractivity contribution >= 4 is 33.6 Å². The van der Waals surface area contributed by atoms with Crippen molar-refractivity contribution in [2.75, 3.05) is 5.32 Å². The highest BCUT2D eigenvalue weighted by molar-refractivity contribution is 9.10. The molecular weight excluding hydrogens is 312 g/mol. The van der Waals surface area contributed by atoms with Gasteiger partial charge in [-0.2, -0.15) is 0 Å². The van der Waals surface area contributed by atoms with Gasteiger partial charge < -0.3 is 15.7 Å². The molecule has 0 radical (unpaired) electrons. The zero-order valence-corrected chi connectivity index (χ0v) is 11.8. The van der Waals surface area contributed by atoms with E-state index in [9.17, 15) is 9.59 Å². The minimum Gasteiger partial charge on any atom is -0.478 e. The lowest BCUT2D eigenvalue weighted by Gasteiger charge is -2.13. The Morgan fingerprint density at radius 3 is 2.79 bits per heavy atom. The van der Waals surface area contributed by atoms with E-state index < -0.39 is 12.0 Å². The number of hydrogen-bond acceptors (Lipinski definition) is 2. The van der Waals surface area contributed by atoms with E-state index in [0.717, 1.165) is 0 Å². The molecule has 1 aromatic carbocycles. The van der Waals surface area contributed by atoms with E-state index in [0.29, 0.717) is 10.9 Å². The standard InChI is InChI=1S/C13H13BrN2O3/c1-3-4-8(2)15-13(19)16-11-7-9(14)5-6-10(11)12(17)18/h1,5-8H,4H2,2H3,(H,17,18)(H2,15,16,19). The molecule has 0 aliphatic rings. The van der Waals surface area contributed by atoms with E-state index in [1.54, 1.807) is 13.0 Å². The van der Waals surface area contributed by atoms with Crippen LogP contribution in [0.1, 0.15) is 23.7 Å². The third-order valence-electron chi connectivity index (χ3n) is 2.26. The van der Waals surface area contributed by atoms with Crippen LogP contribution in [0.4, 0.5) is 10.5 Å². The maximum absolute atomic E-state index is 11.7.